The van der Waals surface area contributed by atoms with Crippen molar-refractivity contribution in [2.75, 3.05) is 40.9 Å². The summed E-state index contributed by atoms with van der Waals surface area (Å²) in [5, 5.41) is 3.01. The van der Waals surface area contributed by atoms with E-state index >= 15 is 0 Å². The predicted molar refractivity (Wildman–Crippen MR) is 320 cm³/mol. The Bertz CT molecular complexity index is 1650. The van der Waals surface area contributed by atoms with Crippen LogP contribution in [0, 0.1) is 0 Å². The third-order valence-corrected chi connectivity index (χ3v) is 13.7. The minimum absolute atomic E-state index is 0.0366. The Morgan fingerprint density at radius 3 is 1.32 bits per heavy atom. The van der Waals surface area contributed by atoms with E-state index in [0.29, 0.717) is 23.9 Å². The van der Waals surface area contributed by atoms with Crippen molar-refractivity contribution in [1.82, 2.24) is 5.32 Å². The van der Waals surface area contributed by atoms with Crippen LogP contribution in [0.15, 0.2) is 109 Å². The Hall–Kier alpha value is -3.33. The molecule has 0 bridgehead atoms. The molecule has 430 valence electrons. The maximum Gasteiger partial charge on any atom is 0.306 e. The van der Waals surface area contributed by atoms with Gasteiger partial charge >= 0.3 is 5.97 Å². The molecule has 9 nitrogen and oxygen atoms in total. The molecule has 0 spiro atoms. The standard InChI is InChI=1S/C65H113N2O7P/c1-7-10-13-16-19-22-25-27-29-31-32-33-34-36-38-40-43-46-49-52-55-58-65(69)74-63(56-53-50-47-44-41-24-21-18-15-12-9-3)62(61-73-75(70,71)72-60-59-67(4,5)6)66-64(68)57-54-51-48-45-42-39-37-35-30-28-26-23-20-17-14-11-8-2/h10,13,19-20,22-23,27-30,32-33,36,38,43,46,53,56,62-63H,7-9,11-12,14-18,21,24-26,31,34-35,37,39-42,44-45,47-52,54-55,57-61H2,1-6H3,(H-,66,68,70,71)/b13-10-,22-19-,23-20-,29-27-,30-28-,33-32-,38-36-,46-43-,56-53+. The molecule has 0 aromatic carbocycles. The first-order chi connectivity index (χ1) is 36.4. The van der Waals surface area contributed by atoms with Crippen molar-refractivity contribution in [1.29, 1.82) is 0 Å². The lowest BCUT2D eigenvalue weighted by Gasteiger charge is -2.30. The van der Waals surface area contributed by atoms with Gasteiger partial charge in [-0.2, -0.15) is 0 Å². The van der Waals surface area contributed by atoms with Gasteiger partial charge in [0, 0.05) is 12.8 Å². The van der Waals surface area contributed by atoms with Crippen LogP contribution >= 0.6 is 7.82 Å². The highest BCUT2D eigenvalue weighted by Gasteiger charge is 2.27. The molecule has 1 amide bonds. The topological polar surface area (TPSA) is 114 Å². The van der Waals surface area contributed by atoms with Crippen molar-refractivity contribution in [3.05, 3.63) is 109 Å². The summed E-state index contributed by atoms with van der Waals surface area (Å²) < 4.78 is 30.2. The van der Waals surface area contributed by atoms with Gasteiger partial charge in [-0.25, -0.2) is 0 Å². The number of unbranched alkanes of at least 4 members (excludes halogenated alkanes) is 21. The number of carbonyl (C=O) groups is 2. The SMILES string of the molecule is CC/C=C\C/C=C\C/C=C\C/C=C\C/C=C\C/C=C\CCCCC(=O)OC(/C=C/CCCCCCCCCCC)C(COP(=O)([O-])OCC[N+](C)(C)C)NC(=O)CCCCCCCCC/C=C\C/C=C\CCCCC. The molecule has 0 rings (SSSR count). The van der Waals surface area contributed by atoms with Gasteiger partial charge in [-0.1, -0.05) is 220 Å². The van der Waals surface area contributed by atoms with Gasteiger partial charge in [0.25, 0.3) is 7.82 Å². The zero-order valence-corrected chi connectivity index (χ0v) is 49.9. The summed E-state index contributed by atoms with van der Waals surface area (Å²) in [5.41, 5.74) is 0. The van der Waals surface area contributed by atoms with Crippen molar-refractivity contribution in [2.45, 2.75) is 251 Å². The van der Waals surface area contributed by atoms with Crippen LogP contribution < -0.4 is 10.2 Å². The lowest BCUT2D eigenvalue weighted by Crippen LogP contribution is -2.47. The van der Waals surface area contributed by atoms with Crippen LogP contribution in [0.4, 0.5) is 0 Å². The van der Waals surface area contributed by atoms with Crippen molar-refractivity contribution in [2.24, 2.45) is 0 Å². The molecule has 0 aliphatic heterocycles. The summed E-state index contributed by atoms with van der Waals surface area (Å²) in [7, 11) is 1.14. The monoisotopic (exact) mass is 1060 g/mol. The number of ether oxygens (including phenoxy) is 1. The molecule has 0 aromatic rings. The number of carbonyl (C=O) groups excluding carboxylic acids is 2. The molecular weight excluding hydrogens is 952 g/mol. The molecular formula is C65H113N2O7P. The van der Waals surface area contributed by atoms with Gasteiger partial charge in [0.1, 0.15) is 19.3 Å². The molecule has 10 heteroatoms. The summed E-state index contributed by atoms with van der Waals surface area (Å²) in [6.45, 7) is 6.65. The number of quaternary nitrogens is 1. The second kappa shape index (κ2) is 54.0. The van der Waals surface area contributed by atoms with Crippen molar-refractivity contribution in [3.63, 3.8) is 0 Å². The number of esters is 1. The van der Waals surface area contributed by atoms with E-state index in [2.05, 4.69) is 123 Å². The summed E-state index contributed by atoms with van der Waals surface area (Å²) in [6.07, 6.45) is 73.4. The third-order valence-electron chi connectivity index (χ3n) is 12.7. The number of rotatable bonds is 53. The van der Waals surface area contributed by atoms with Gasteiger partial charge in [-0.3, -0.25) is 14.2 Å². The highest BCUT2D eigenvalue weighted by Crippen LogP contribution is 2.38. The average Bonchev–Trinajstić information content (AvgIpc) is 3.37. The van der Waals surface area contributed by atoms with Gasteiger partial charge in [-0.05, 0) is 115 Å². The molecule has 0 fully saturated rings. The second-order valence-electron chi connectivity index (χ2n) is 21.1. The Labute approximate surface area is 461 Å². The third kappa shape index (κ3) is 55.2. The van der Waals surface area contributed by atoms with E-state index in [1.54, 1.807) is 0 Å². The highest BCUT2D eigenvalue weighted by molar-refractivity contribution is 7.45. The van der Waals surface area contributed by atoms with E-state index in [0.717, 1.165) is 109 Å². The van der Waals surface area contributed by atoms with Crippen LogP contribution in [0.25, 0.3) is 0 Å². The summed E-state index contributed by atoms with van der Waals surface area (Å²) in [4.78, 5) is 39.9. The molecule has 0 aliphatic rings. The van der Waals surface area contributed by atoms with E-state index in [1.165, 1.54) is 89.9 Å². The quantitative estimate of drug-likeness (QED) is 0.0212. The van der Waals surface area contributed by atoms with Crippen LogP contribution in [0.3, 0.4) is 0 Å². The van der Waals surface area contributed by atoms with Gasteiger partial charge in [0.2, 0.25) is 5.91 Å². The number of nitrogens with one attached hydrogen (secondary N) is 1. The molecule has 0 heterocycles. The maximum absolute atomic E-state index is 13.5. The van der Waals surface area contributed by atoms with Crippen molar-refractivity contribution < 1.29 is 37.3 Å². The van der Waals surface area contributed by atoms with Gasteiger partial charge in [0.05, 0.1) is 33.8 Å². The first-order valence-electron chi connectivity index (χ1n) is 30.2. The molecule has 0 saturated carbocycles. The lowest BCUT2D eigenvalue weighted by atomic mass is 10.1. The maximum atomic E-state index is 13.5. The zero-order valence-electron chi connectivity index (χ0n) is 49.0. The average molecular weight is 1070 g/mol. The number of phosphoric ester groups is 1. The Kier molecular flexibility index (Phi) is 51.6. The molecule has 1 N–H and O–H groups in total. The van der Waals surface area contributed by atoms with Crippen LogP contribution in [-0.4, -0.2) is 69.4 Å². The van der Waals surface area contributed by atoms with Crippen LogP contribution in [0.2, 0.25) is 0 Å². The number of nitrogens with zero attached hydrogens (tertiary/aromatic N) is 1. The van der Waals surface area contributed by atoms with Crippen LogP contribution in [0.5, 0.6) is 0 Å². The summed E-state index contributed by atoms with van der Waals surface area (Å²) in [6, 6.07) is -0.917. The first-order valence-corrected chi connectivity index (χ1v) is 31.7. The van der Waals surface area contributed by atoms with Crippen LogP contribution in [-0.2, 0) is 27.9 Å². The molecule has 0 aromatic heterocycles. The Morgan fingerprint density at radius 2 is 0.853 bits per heavy atom. The highest BCUT2D eigenvalue weighted by atomic mass is 31.2. The Balaban J connectivity index is 5.36. The number of phosphoric acid groups is 1. The largest absolute Gasteiger partial charge is 0.756 e. The number of hydrogen-bond donors (Lipinski definition) is 1. The Morgan fingerprint density at radius 1 is 0.480 bits per heavy atom. The molecule has 0 aliphatic carbocycles. The zero-order chi connectivity index (χ0) is 55.0. The number of allylic oxidation sites excluding steroid dienone is 17. The number of hydrogen-bond acceptors (Lipinski definition) is 7. The fourth-order valence-corrected chi connectivity index (χ4v) is 8.75. The minimum Gasteiger partial charge on any atom is -0.756 e. The van der Waals surface area contributed by atoms with Crippen LogP contribution in [0.1, 0.15) is 239 Å². The second-order valence-corrected chi connectivity index (χ2v) is 22.5. The summed E-state index contributed by atoms with van der Waals surface area (Å²) in [5.74, 6) is -0.608. The fraction of sp³-hybridized carbons (Fsp3) is 0.692. The number of amides is 1. The molecule has 0 radical (unpaired) electrons. The normalized spacial score (nSPS) is 14.5. The van der Waals surface area contributed by atoms with E-state index in [4.69, 9.17) is 13.8 Å². The van der Waals surface area contributed by atoms with E-state index in [1.807, 2.05) is 33.3 Å². The lowest BCUT2D eigenvalue weighted by molar-refractivity contribution is -0.870. The predicted octanol–water partition coefficient (Wildman–Crippen LogP) is 17.9. The number of likely N-dealkylation sites (N-methyl/N-ethyl adjacent to an activating group) is 1. The van der Waals surface area contributed by atoms with E-state index in [9.17, 15) is 19.0 Å². The van der Waals surface area contributed by atoms with E-state index in [-0.39, 0.29) is 24.9 Å². The summed E-state index contributed by atoms with van der Waals surface area (Å²) >= 11 is 0. The first kappa shape index (κ1) is 71.7. The van der Waals surface area contributed by atoms with Crippen molar-refractivity contribution in [3.8, 4) is 0 Å². The van der Waals surface area contributed by atoms with Gasteiger partial charge < -0.3 is 28.5 Å². The van der Waals surface area contributed by atoms with Gasteiger partial charge in [0.15, 0.2) is 0 Å². The van der Waals surface area contributed by atoms with E-state index < -0.39 is 26.6 Å². The van der Waals surface area contributed by atoms with Crippen molar-refractivity contribution >= 4 is 19.7 Å². The molecule has 75 heavy (non-hydrogen) atoms. The van der Waals surface area contributed by atoms with Gasteiger partial charge in [-0.15, -0.1) is 0 Å². The smallest absolute Gasteiger partial charge is 0.306 e. The molecule has 0 saturated heterocycles. The fourth-order valence-electron chi connectivity index (χ4n) is 8.02. The molecule has 3 atom stereocenters. The molecule has 3 unspecified atom stereocenters. The minimum atomic E-state index is -4.71.